The van der Waals surface area contributed by atoms with Crippen LogP contribution in [0.25, 0.3) is 0 Å². The van der Waals surface area contributed by atoms with E-state index in [9.17, 15) is 4.79 Å². The van der Waals surface area contributed by atoms with Crippen molar-refractivity contribution >= 4 is 5.97 Å². The summed E-state index contributed by atoms with van der Waals surface area (Å²) in [6.45, 7) is 3.67. The highest BCUT2D eigenvalue weighted by Gasteiger charge is 1.98. The lowest BCUT2D eigenvalue weighted by Crippen LogP contribution is -2.03. The monoisotopic (exact) mass is 139 g/mol. The molecule has 0 saturated heterocycles. The average Bonchev–Trinajstić information content (AvgIpc) is 1.97. The first-order valence-electron chi connectivity index (χ1n) is 3.19. The van der Waals surface area contributed by atoms with Gasteiger partial charge in [-0.2, -0.15) is 0 Å². The van der Waals surface area contributed by atoms with Crippen LogP contribution in [0.3, 0.4) is 0 Å². The van der Waals surface area contributed by atoms with Crippen LogP contribution in [-0.4, -0.2) is 12.6 Å². The molecular formula is C8H11O2. The maximum atomic E-state index is 10.6. The lowest BCUT2D eigenvalue weighted by atomic mass is 10.2. The average molecular weight is 139 g/mol. The first kappa shape index (κ1) is 9.03. The number of terminal acetylenes is 1. The van der Waals surface area contributed by atoms with Gasteiger partial charge in [0.1, 0.15) is 0 Å². The molecule has 0 atom stereocenters. The van der Waals surface area contributed by atoms with E-state index in [2.05, 4.69) is 17.6 Å². The standard InChI is InChI=1S/C8H11O2/c1-3-5-6-8(9)10-7-4-2/h2H,1,3,5-7H2. The first-order valence-corrected chi connectivity index (χ1v) is 3.19. The Morgan fingerprint density at radius 3 is 2.90 bits per heavy atom. The van der Waals surface area contributed by atoms with Gasteiger partial charge in [0.05, 0.1) is 0 Å². The van der Waals surface area contributed by atoms with Crippen LogP contribution in [0.2, 0.25) is 0 Å². The van der Waals surface area contributed by atoms with Crippen molar-refractivity contribution < 1.29 is 9.53 Å². The van der Waals surface area contributed by atoms with Crippen molar-refractivity contribution in [3.05, 3.63) is 6.92 Å². The van der Waals surface area contributed by atoms with Crippen LogP contribution in [0.4, 0.5) is 0 Å². The molecule has 0 heterocycles. The molecule has 0 rings (SSSR count). The fourth-order valence-corrected chi connectivity index (χ4v) is 0.464. The molecule has 1 radical (unpaired) electrons. The molecule has 10 heavy (non-hydrogen) atoms. The van der Waals surface area contributed by atoms with Crippen molar-refractivity contribution in [2.45, 2.75) is 19.3 Å². The predicted octanol–water partition coefficient (Wildman–Crippen LogP) is 1.17. The Kier molecular flexibility index (Phi) is 5.56. The smallest absolute Gasteiger partial charge is 0.306 e. The SMILES string of the molecule is C#CCOC(=O)CCC[CH2]. The van der Waals surface area contributed by atoms with Crippen molar-refractivity contribution in [2.75, 3.05) is 6.61 Å². The fraction of sp³-hybridized carbons (Fsp3) is 0.500. The number of ether oxygens (including phenoxy) is 1. The largest absolute Gasteiger partial charge is 0.452 e. The molecule has 0 aromatic heterocycles. The van der Waals surface area contributed by atoms with Gasteiger partial charge in [-0.15, -0.1) is 6.42 Å². The Bertz CT molecular complexity index is 133. The van der Waals surface area contributed by atoms with Gasteiger partial charge >= 0.3 is 5.97 Å². The van der Waals surface area contributed by atoms with E-state index in [1.54, 1.807) is 0 Å². The minimum atomic E-state index is -0.235. The Morgan fingerprint density at radius 2 is 2.40 bits per heavy atom. The second-order valence-corrected chi connectivity index (χ2v) is 1.82. The molecule has 0 amide bonds. The lowest BCUT2D eigenvalue weighted by Gasteiger charge is -1.97. The normalized spacial score (nSPS) is 8.40. The number of hydrogen-bond donors (Lipinski definition) is 0. The number of rotatable bonds is 4. The minimum Gasteiger partial charge on any atom is -0.452 e. The van der Waals surface area contributed by atoms with E-state index < -0.39 is 0 Å². The molecule has 0 aliphatic heterocycles. The molecule has 0 aromatic carbocycles. The van der Waals surface area contributed by atoms with E-state index in [1.807, 2.05) is 0 Å². The number of carbonyl (C=O) groups excluding carboxylic acids is 1. The summed E-state index contributed by atoms with van der Waals surface area (Å²) in [5.74, 6) is 1.98. The van der Waals surface area contributed by atoms with Crippen molar-refractivity contribution in [1.82, 2.24) is 0 Å². The molecule has 0 spiro atoms. The van der Waals surface area contributed by atoms with Crippen LogP contribution in [-0.2, 0) is 9.53 Å². The van der Waals surface area contributed by atoms with Crippen molar-refractivity contribution in [2.24, 2.45) is 0 Å². The summed E-state index contributed by atoms with van der Waals surface area (Å²) in [7, 11) is 0. The fourth-order valence-electron chi connectivity index (χ4n) is 0.464. The molecule has 55 valence electrons. The van der Waals surface area contributed by atoms with E-state index in [-0.39, 0.29) is 12.6 Å². The van der Waals surface area contributed by atoms with E-state index in [4.69, 9.17) is 6.42 Å². The van der Waals surface area contributed by atoms with Crippen molar-refractivity contribution in [3.8, 4) is 12.3 Å². The zero-order valence-corrected chi connectivity index (χ0v) is 5.93. The summed E-state index contributed by atoms with van der Waals surface area (Å²) in [5.41, 5.74) is 0. The van der Waals surface area contributed by atoms with Crippen LogP contribution in [0.5, 0.6) is 0 Å². The second-order valence-electron chi connectivity index (χ2n) is 1.82. The van der Waals surface area contributed by atoms with Crippen molar-refractivity contribution in [1.29, 1.82) is 0 Å². The molecule has 0 aliphatic rings. The van der Waals surface area contributed by atoms with Crippen LogP contribution in [0.15, 0.2) is 0 Å². The summed E-state index contributed by atoms with van der Waals surface area (Å²) in [6.07, 6.45) is 6.81. The molecule has 2 nitrogen and oxygen atoms in total. The predicted molar refractivity (Wildman–Crippen MR) is 39.0 cm³/mol. The Labute approximate surface area is 61.6 Å². The van der Waals surface area contributed by atoms with Crippen LogP contribution in [0.1, 0.15) is 19.3 Å². The van der Waals surface area contributed by atoms with E-state index in [0.717, 1.165) is 12.8 Å². The van der Waals surface area contributed by atoms with Gasteiger partial charge in [0.15, 0.2) is 6.61 Å². The molecule has 0 aromatic rings. The maximum absolute atomic E-state index is 10.6. The highest BCUT2D eigenvalue weighted by Crippen LogP contribution is 1.95. The zero-order chi connectivity index (χ0) is 7.82. The quantitative estimate of drug-likeness (QED) is 0.431. The molecule has 0 aliphatic carbocycles. The third-order valence-electron chi connectivity index (χ3n) is 0.947. The zero-order valence-electron chi connectivity index (χ0n) is 5.93. The van der Waals surface area contributed by atoms with Gasteiger partial charge < -0.3 is 4.74 Å². The Morgan fingerprint density at radius 1 is 1.70 bits per heavy atom. The minimum absolute atomic E-state index is 0.0793. The molecular weight excluding hydrogens is 128 g/mol. The summed E-state index contributed by atoms with van der Waals surface area (Å²) in [5, 5.41) is 0. The molecule has 0 N–H and O–H groups in total. The molecule has 0 bridgehead atoms. The van der Waals surface area contributed by atoms with Gasteiger partial charge in [0.25, 0.3) is 0 Å². The molecule has 0 unspecified atom stereocenters. The van der Waals surface area contributed by atoms with Crippen LogP contribution in [0, 0.1) is 19.3 Å². The van der Waals surface area contributed by atoms with E-state index in [1.165, 1.54) is 0 Å². The number of hydrogen-bond acceptors (Lipinski definition) is 2. The lowest BCUT2D eigenvalue weighted by molar-refractivity contribution is -0.142. The highest BCUT2D eigenvalue weighted by atomic mass is 16.5. The first-order chi connectivity index (χ1) is 4.81. The summed E-state index contributed by atoms with van der Waals surface area (Å²) < 4.78 is 4.59. The Hall–Kier alpha value is -0.970. The van der Waals surface area contributed by atoms with Gasteiger partial charge in [-0.1, -0.05) is 19.3 Å². The summed E-state index contributed by atoms with van der Waals surface area (Å²) >= 11 is 0. The van der Waals surface area contributed by atoms with Crippen LogP contribution >= 0.6 is 0 Å². The van der Waals surface area contributed by atoms with Gasteiger partial charge in [0.2, 0.25) is 0 Å². The number of esters is 1. The second kappa shape index (κ2) is 6.15. The molecule has 0 saturated carbocycles. The van der Waals surface area contributed by atoms with Gasteiger partial charge in [-0.05, 0) is 6.42 Å². The van der Waals surface area contributed by atoms with Gasteiger partial charge in [0, 0.05) is 6.42 Å². The Balaban J connectivity index is 3.19. The maximum Gasteiger partial charge on any atom is 0.306 e. The van der Waals surface area contributed by atoms with Crippen molar-refractivity contribution in [3.63, 3.8) is 0 Å². The third-order valence-corrected chi connectivity index (χ3v) is 0.947. The van der Waals surface area contributed by atoms with Gasteiger partial charge in [-0.25, -0.2) is 0 Å². The van der Waals surface area contributed by atoms with Gasteiger partial charge in [-0.3, -0.25) is 4.79 Å². The molecule has 2 heteroatoms. The number of unbranched alkanes of at least 4 members (excludes halogenated alkanes) is 1. The van der Waals surface area contributed by atoms with E-state index >= 15 is 0 Å². The third kappa shape index (κ3) is 5.17. The molecule has 0 fully saturated rings. The topological polar surface area (TPSA) is 26.3 Å². The van der Waals surface area contributed by atoms with E-state index in [0.29, 0.717) is 6.42 Å². The van der Waals surface area contributed by atoms with Crippen LogP contribution < -0.4 is 0 Å². The summed E-state index contributed by atoms with van der Waals surface area (Å²) in [6, 6.07) is 0. The highest BCUT2D eigenvalue weighted by molar-refractivity contribution is 5.69. The summed E-state index contributed by atoms with van der Waals surface area (Å²) in [4.78, 5) is 10.6. The number of carbonyl (C=O) groups is 1.